The van der Waals surface area contributed by atoms with Crippen LogP contribution in [0.3, 0.4) is 0 Å². The number of hydrogen-bond acceptors (Lipinski definition) is 2. The second-order valence-corrected chi connectivity index (χ2v) is 5.79. The predicted molar refractivity (Wildman–Crippen MR) is 71.5 cm³/mol. The molecule has 0 spiro atoms. The van der Waals surface area contributed by atoms with Gasteiger partial charge in [0.15, 0.2) is 0 Å². The standard InChI is InChI=1S/C14H19N3/c1-14(2,3)10-6-4-7-11-12(10)16-13-15-8-5-9-17(11)13/h4,6-7H,5,8-9H2,1-3H3,(H,15,16). The van der Waals surface area contributed by atoms with E-state index in [-0.39, 0.29) is 5.41 Å². The minimum absolute atomic E-state index is 0.143. The molecule has 1 aliphatic heterocycles. The Morgan fingerprint density at radius 2 is 2.12 bits per heavy atom. The van der Waals surface area contributed by atoms with Crippen LogP contribution in [0.1, 0.15) is 32.8 Å². The molecule has 3 nitrogen and oxygen atoms in total. The van der Waals surface area contributed by atoms with Crippen LogP contribution in [0.25, 0.3) is 11.0 Å². The number of hydrogen-bond donors (Lipinski definition) is 1. The molecule has 1 aromatic carbocycles. The van der Waals surface area contributed by atoms with Crippen molar-refractivity contribution >= 4 is 17.0 Å². The molecular formula is C14H19N3. The molecule has 2 heterocycles. The van der Waals surface area contributed by atoms with E-state index in [0.29, 0.717) is 0 Å². The van der Waals surface area contributed by atoms with Gasteiger partial charge in [0.05, 0.1) is 11.0 Å². The SMILES string of the molecule is CC(C)(C)c1cccc2c1nc1n2CCCN1. The zero-order valence-corrected chi connectivity index (χ0v) is 10.7. The van der Waals surface area contributed by atoms with Crippen molar-refractivity contribution in [3.63, 3.8) is 0 Å². The Hall–Kier alpha value is -1.51. The summed E-state index contributed by atoms with van der Waals surface area (Å²) in [4.78, 5) is 4.77. The van der Waals surface area contributed by atoms with Crippen LogP contribution in [0.5, 0.6) is 0 Å². The number of nitrogens with zero attached hydrogens (tertiary/aromatic N) is 2. The van der Waals surface area contributed by atoms with Crippen LogP contribution in [0, 0.1) is 0 Å². The first-order chi connectivity index (χ1) is 8.07. The van der Waals surface area contributed by atoms with Crippen molar-refractivity contribution in [2.45, 2.75) is 39.2 Å². The summed E-state index contributed by atoms with van der Waals surface area (Å²) in [5.74, 6) is 1.03. The van der Waals surface area contributed by atoms with Gasteiger partial charge in [-0.2, -0.15) is 0 Å². The van der Waals surface area contributed by atoms with E-state index in [4.69, 9.17) is 4.98 Å². The zero-order chi connectivity index (χ0) is 12.0. The zero-order valence-electron chi connectivity index (χ0n) is 10.7. The Balaban J connectivity index is 2.30. The summed E-state index contributed by atoms with van der Waals surface area (Å²) in [5, 5.41) is 3.38. The summed E-state index contributed by atoms with van der Waals surface area (Å²) in [6.45, 7) is 8.84. The van der Waals surface area contributed by atoms with Crippen LogP contribution in [0.2, 0.25) is 0 Å². The summed E-state index contributed by atoms with van der Waals surface area (Å²) in [6.07, 6.45) is 1.18. The molecule has 2 aromatic rings. The fourth-order valence-electron chi connectivity index (χ4n) is 2.55. The van der Waals surface area contributed by atoms with Crippen molar-refractivity contribution < 1.29 is 0 Å². The van der Waals surface area contributed by atoms with E-state index in [1.165, 1.54) is 17.5 Å². The summed E-state index contributed by atoms with van der Waals surface area (Å²) in [7, 11) is 0. The van der Waals surface area contributed by atoms with Gasteiger partial charge in [0.2, 0.25) is 5.95 Å². The van der Waals surface area contributed by atoms with Gasteiger partial charge in [0, 0.05) is 13.1 Å². The maximum atomic E-state index is 4.77. The number of para-hydroxylation sites is 1. The van der Waals surface area contributed by atoms with E-state index in [0.717, 1.165) is 24.6 Å². The number of fused-ring (bicyclic) bond motifs is 3. The molecule has 0 fully saturated rings. The number of aromatic nitrogens is 2. The lowest BCUT2D eigenvalue weighted by atomic mass is 9.86. The molecule has 0 atom stereocenters. The van der Waals surface area contributed by atoms with Gasteiger partial charge in [-0.3, -0.25) is 0 Å². The largest absolute Gasteiger partial charge is 0.356 e. The molecule has 0 radical (unpaired) electrons. The van der Waals surface area contributed by atoms with E-state index in [1.54, 1.807) is 0 Å². The van der Waals surface area contributed by atoms with Gasteiger partial charge in [0.25, 0.3) is 0 Å². The maximum Gasteiger partial charge on any atom is 0.203 e. The Morgan fingerprint density at radius 1 is 1.29 bits per heavy atom. The molecule has 3 rings (SSSR count). The Bertz CT molecular complexity index is 561. The molecule has 0 saturated heterocycles. The second-order valence-electron chi connectivity index (χ2n) is 5.79. The fourth-order valence-corrected chi connectivity index (χ4v) is 2.55. The van der Waals surface area contributed by atoms with Gasteiger partial charge in [0.1, 0.15) is 0 Å². The number of aryl methyl sites for hydroxylation is 1. The van der Waals surface area contributed by atoms with Crippen molar-refractivity contribution in [3.8, 4) is 0 Å². The van der Waals surface area contributed by atoms with E-state index in [9.17, 15) is 0 Å². The highest BCUT2D eigenvalue weighted by Gasteiger charge is 2.21. The minimum Gasteiger partial charge on any atom is -0.356 e. The first-order valence-corrected chi connectivity index (χ1v) is 6.31. The third-order valence-corrected chi connectivity index (χ3v) is 3.43. The average molecular weight is 229 g/mol. The monoisotopic (exact) mass is 229 g/mol. The van der Waals surface area contributed by atoms with Crippen molar-refractivity contribution in [1.29, 1.82) is 0 Å². The van der Waals surface area contributed by atoms with Crippen molar-refractivity contribution in [2.75, 3.05) is 11.9 Å². The summed E-state index contributed by atoms with van der Waals surface area (Å²) in [5.41, 5.74) is 3.90. The molecule has 3 heteroatoms. The first-order valence-electron chi connectivity index (χ1n) is 6.31. The fraction of sp³-hybridized carbons (Fsp3) is 0.500. The number of nitrogens with one attached hydrogen (secondary N) is 1. The number of rotatable bonds is 0. The Kier molecular flexibility index (Phi) is 2.18. The minimum atomic E-state index is 0.143. The van der Waals surface area contributed by atoms with Crippen LogP contribution in [0.4, 0.5) is 5.95 Å². The molecule has 1 aromatic heterocycles. The summed E-state index contributed by atoms with van der Waals surface area (Å²) in [6, 6.07) is 6.52. The highest BCUT2D eigenvalue weighted by atomic mass is 15.2. The van der Waals surface area contributed by atoms with E-state index >= 15 is 0 Å². The lowest BCUT2D eigenvalue weighted by molar-refractivity contribution is 0.595. The van der Waals surface area contributed by atoms with Gasteiger partial charge in [-0.25, -0.2) is 4.98 Å². The number of anilines is 1. The lowest BCUT2D eigenvalue weighted by Crippen LogP contribution is -2.16. The molecule has 0 unspecified atom stereocenters. The molecule has 0 aliphatic carbocycles. The van der Waals surface area contributed by atoms with Crippen LogP contribution < -0.4 is 5.32 Å². The third kappa shape index (κ3) is 1.61. The molecule has 0 amide bonds. The molecule has 17 heavy (non-hydrogen) atoms. The van der Waals surface area contributed by atoms with Crippen LogP contribution >= 0.6 is 0 Å². The smallest absolute Gasteiger partial charge is 0.203 e. The average Bonchev–Trinajstić information content (AvgIpc) is 2.65. The van der Waals surface area contributed by atoms with Crippen LogP contribution in [0.15, 0.2) is 18.2 Å². The quantitative estimate of drug-likeness (QED) is 0.752. The van der Waals surface area contributed by atoms with Gasteiger partial charge in [-0.1, -0.05) is 32.9 Å². The van der Waals surface area contributed by atoms with E-state index < -0.39 is 0 Å². The van der Waals surface area contributed by atoms with E-state index in [2.05, 4.69) is 48.9 Å². The van der Waals surface area contributed by atoms with Crippen molar-refractivity contribution in [1.82, 2.24) is 9.55 Å². The molecule has 0 saturated carbocycles. The number of benzene rings is 1. The third-order valence-electron chi connectivity index (χ3n) is 3.43. The normalized spacial score (nSPS) is 15.7. The lowest BCUT2D eigenvalue weighted by Gasteiger charge is -2.19. The van der Waals surface area contributed by atoms with Crippen molar-refractivity contribution in [2.24, 2.45) is 0 Å². The first kappa shape index (κ1) is 10.6. The molecule has 0 bridgehead atoms. The summed E-state index contributed by atoms with van der Waals surface area (Å²) < 4.78 is 2.30. The predicted octanol–water partition coefficient (Wildman–Crippen LogP) is 3.15. The maximum absolute atomic E-state index is 4.77. The van der Waals surface area contributed by atoms with Gasteiger partial charge >= 0.3 is 0 Å². The Morgan fingerprint density at radius 3 is 2.88 bits per heavy atom. The van der Waals surface area contributed by atoms with Crippen molar-refractivity contribution in [3.05, 3.63) is 23.8 Å². The summed E-state index contributed by atoms with van der Waals surface area (Å²) >= 11 is 0. The molecule has 90 valence electrons. The molecule has 1 aliphatic rings. The molecular weight excluding hydrogens is 210 g/mol. The topological polar surface area (TPSA) is 29.9 Å². The highest BCUT2D eigenvalue weighted by molar-refractivity contribution is 5.83. The van der Waals surface area contributed by atoms with Gasteiger partial charge in [-0.15, -0.1) is 0 Å². The number of imidazole rings is 1. The van der Waals surface area contributed by atoms with Gasteiger partial charge in [-0.05, 0) is 23.5 Å². The van der Waals surface area contributed by atoms with E-state index in [1.807, 2.05) is 0 Å². The molecule has 1 N–H and O–H groups in total. The Labute approximate surface area is 102 Å². The van der Waals surface area contributed by atoms with Gasteiger partial charge < -0.3 is 9.88 Å². The van der Waals surface area contributed by atoms with Crippen LogP contribution in [-0.2, 0) is 12.0 Å². The second kappa shape index (κ2) is 3.49. The van der Waals surface area contributed by atoms with Crippen LogP contribution in [-0.4, -0.2) is 16.1 Å². The highest BCUT2D eigenvalue weighted by Crippen LogP contribution is 2.32.